The van der Waals surface area contributed by atoms with Gasteiger partial charge in [-0.05, 0) is 30.3 Å². The number of carbonyl (C=O) groups excluding carboxylic acids is 1. The Balaban J connectivity index is 2.13. The van der Waals surface area contributed by atoms with Gasteiger partial charge in [0.2, 0.25) is 0 Å². The van der Waals surface area contributed by atoms with Gasteiger partial charge in [0.25, 0.3) is 5.91 Å². The predicted octanol–water partition coefficient (Wildman–Crippen LogP) is 3.45. The van der Waals surface area contributed by atoms with E-state index in [9.17, 15) is 4.79 Å². The molecule has 0 aliphatic carbocycles. The van der Waals surface area contributed by atoms with Gasteiger partial charge in [-0.15, -0.1) is 0 Å². The monoisotopic (exact) mass is 352 g/mol. The molecule has 0 spiro atoms. The van der Waals surface area contributed by atoms with Gasteiger partial charge in [0.05, 0.1) is 12.7 Å². The van der Waals surface area contributed by atoms with Crippen LogP contribution in [0.15, 0.2) is 41.0 Å². The van der Waals surface area contributed by atoms with E-state index >= 15 is 0 Å². The van der Waals surface area contributed by atoms with Crippen molar-refractivity contribution in [2.75, 3.05) is 7.11 Å². The lowest BCUT2D eigenvalue weighted by atomic mass is 10.2. The number of aromatic nitrogens is 1. The molecule has 4 nitrogen and oxygen atoms in total. The average molecular weight is 353 g/mol. The summed E-state index contributed by atoms with van der Waals surface area (Å²) in [5, 5.41) is 2.83. The van der Waals surface area contributed by atoms with Crippen LogP contribution in [0.3, 0.4) is 0 Å². The topological polar surface area (TPSA) is 54.1 Å². The molecule has 0 saturated heterocycles. The van der Waals surface area contributed by atoms with Crippen molar-refractivity contribution < 1.29 is 9.53 Å². The number of rotatable bonds is 4. The molecule has 2 aromatic rings. The minimum atomic E-state index is -0.214. The molecule has 0 aliphatic rings. The number of halogens is 1. The van der Waals surface area contributed by atoms with Crippen LogP contribution in [0.5, 0.6) is 5.75 Å². The largest absolute Gasteiger partial charge is 0.496 e. The number of carbonyl (C=O) groups is 1. The van der Waals surface area contributed by atoms with E-state index in [0.717, 1.165) is 15.8 Å². The molecule has 1 aromatic heterocycles. The minimum absolute atomic E-state index is 0.214. The highest BCUT2D eigenvalue weighted by Gasteiger charge is 2.09. The summed E-state index contributed by atoms with van der Waals surface area (Å²) >= 11 is 8.48. The van der Waals surface area contributed by atoms with Crippen molar-refractivity contribution in [3.63, 3.8) is 0 Å². The van der Waals surface area contributed by atoms with Gasteiger partial charge >= 0.3 is 0 Å². The van der Waals surface area contributed by atoms with Crippen LogP contribution >= 0.6 is 28.1 Å². The Bertz CT molecular complexity index is 685. The number of hydrogen-bond acceptors (Lipinski definition) is 3. The summed E-state index contributed by atoms with van der Waals surface area (Å²) in [7, 11) is 1.60. The van der Waals surface area contributed by atoms with Crippen molar-refractivity contribution in [2.45, 2.75) is 6.54 Å². The molecule has 6 heteroatoms. The molecule has 1 aromatic carbocycles. The van der Waals surface area contributed by atoms with E-state index in [1.165, 1.54) is 0 Å². The maximum absolute atomic E-state index is 12.1. The third kappa shape index (κ3) is 3.46. The second-order valence-electron chi connectivity index (χ2n) is 4.05. The van der Waals surface area contributed by atoms with E-state index in [1.807, 2.05) is 18.2 Å². The number of aromatic amines is 1. The van der Waals surface area contributed by atoms with Gasteiger partial charge in [-0.2, -0.15) is 0 Å². The van der Waals surface area contributed by atoms with Crippen LogP contribution in [0.4, 0.5) is 0 Å². The fourth-order valence-corrected chi connectivity index (χ4v) is 2.39. The molecule has 0 radical (unpaired) electrons. The first-order chi connectivity index (χ1) is 9.61. The molecule has 20 heavy (non-hydrogen) atoms. The Morgan fingerprint density at radius 3 is 2.95 bits per heavy atom. The number of hydrogen-bond donors (Lipinski definition) is 2. The van der Waals surface area contributed by atoms with Crippen LogP contribution in [-0.2, 0) is 6.54 Å². The average Bonchev–Trinajstić information content (AvgIpc) is 2.45. The molecule has 0 fully saturated rings. The lowest BCUT2D eigenvalue weighted by molar-refractivity contribution is 0.0950. The Hall–Kier alpha value is -1.66. The van der Waals surface area contributed by atoms with Crippen LogP contribution in [0.1, 0.15) is 15.9 Å². The first-order valence-corrected chi connectivity index (χ1v) is 7.10. The van der Waals surface area contributed by atoms with E-state index < -0.39 is 0 Å². The molecule has 1 heterocycles. The highest BCUT2D eigenvalue weighted by molar-refractivity contribution is 9.10. The number of ether oxygens (including phenoxy) is 1. The SMILES string of the molecule is COc1ccc(Br)cc1CNC(=O)c1ccc[nH]c1=S. The quantitative estimate of drug-likeness (QED) is 0.828. The Kier molecular flexibility index (Phi) is 4.92. The third-order valence-electron chi connectivity index (χ3n) is 2.74. The standard InChI is InChI=1S/C14H13BrN2O2S/c1-19-12-5-4-10(15)7-9(12)8-17-13(18)11-3-2-6-16-14(11)20/h2-7H,8H2,1H3,(H,16,20)(H,17,18). The van der Waals surface area contributed by atoms with Crippen LogP contribution in [-0.4, -0.2) is 18.0 Å². The molecule has 2 N–H and O–H groups in total. The molecule has 1 amide bonds. The van der Waals surface area contributed by atoms with Crippen LogP contribution in [0.2, 0.25) is 0 Å². The molecule has 2 rings (SSSR count). The van der Waals surface area contributed by atoms with E-state index in [4.69, 9.17) is 17.0 Å². The van der Waals surface area contributed by atoms with Crippen molar-refractivity contribution in [2.24, 2.45) is 0 Å². The molecule has 0 aliphatic heterocycles. The molecular formula is C14H13BrN2O2S. The zero-order valence-electron chi connectivity index (χ0n) is 10.8. The van der Waals surface area contributed by atoms with E-state index in [1.54, 1.807) is 25.4 Å². The third-order valence-corrected chi connectivity index (χ3v) is 3.58. The maximum Gasteiger partial charge on any atom is 0.254 e. The van der Waals surface area contributed by atoms with Crippen LogP contribution in [0.25, 0.3) is 0 Å². The molecule has 104 valence electrons. The normalized spacial score (nSPS) is 10.1. The molecule has 0 saturated carbocycles. The van der Waals surface area contributed by atoms with Crippen LogP contribution < -0.4 is 10.1 Å². The summed E-state index contributed by atoms with van der Waals surface area (Å²) in [5.41, 5.74) is 1.34. The van der Waals surface area contributed by atoms with Crippen molar-refractivity contribution in [1.29, 1.82) is 0 Å². The number of H-pyrrole nitrogens is 1. The summed E-state index contributed by atoms with van der Waals surface area (Å²) in [6.45, 7) is 0.366. The highest BCUT2D eigenvalue weighted by Crippen LogP contribution is 2.22. The second-order valence-corrected chi connectivity index (χ2v) is 5.38. The van der Waals surface area contributed by atoms with Crippen molar-refractivity contribution in [3.05, 3.63) is 56.8 Å². The second kappa shape index (κ2) is 6.67. The Morgan fingerprint density at radius 1 is 1.45 bits per heavy atom. The van der Waals surface area contributed by atoms with Gasteiger partial charge in [-0.1, -0.05) is 28.1 Å². The van der Waals surface area contributed by atoms with Crippen molar-refractivity contribution in [3.8, 4) is 5.75 Å². The van der Waals surface area contributed by atoms with E-state index in [0.29, 0.717) is 16.7 Å². The lowest BCUT2D eigenvalue weighted by Crippen LogP contribution is -2.23. The fourth-order valence-electron chi connectivity index (χ4n) is 1.76. The number of benzene rings is 1. The first kappa shape index (κ1) is 14.7. The summed E-state index contributed by atoms with van der Waals surface area (Å²) in [4.78, 5) is 14.9. The zero-order valence-corrected chi connectivity index (χ0v) is 13.2. The van der Waals surface area contributed by atoms with Crippen molar-refractivity contribution in [1.82, 2.24) is 10.3 Å². The number of pyridine rings is 1. The zero-order chi connectivity index (χ0) is 14.5. The van der Waals surface area contributed by atoms with Gasteiger partial charge in [0, 0.05) is 22.8 Å². The van der Waals surface area contributed by atoms with Gasteiger partial charge in [-0.25, -0.2) is 0 Å². The molecule has 0 unspecified atom stereocenters. The smallest absolute Gasteiger partial charge is 0.254 e. The van der Waals surface area contributed by atoms with E-state index in [-0.39, 0.29) is 5.91 Å². The summed E-state index contributed by atoms with van der Waals surface area (Å²) < 4.78 is 6.62. The van der Waals surface area contributed by atoms with Crippen LogP contribution in [0, 0.1) is 4.64 Å². The summed E-state index contributed by atoms with van der Waals surface area (Å²) in [5.74, 6) is 0.514. The number of nitrogens with one attached hydrogen (secondary N) is 2. The number of methoxy groups -OCH3 is 1. The van der Waals surface area contributed by atoms with Gasteiger partial charge < -0.3 is 15.0 Å². The van der Waals surface area contributed by atoms with Gasteiger partial charge in [0.1, 0.15) is 10.4 Å². The summed E-state index contributed by atoms with van der Waals surface area (Å²) in [6.07, 6.45) is 1.69. The molecular weight excluding hydrogens is 340 g/mol. The van der Waals surface area contributed by atoms with E-state index in [2.05, 4.69) is 26.2 Å². The fraction of sp³-hybridized carbons (Fsp3) is 0.143. The Labute approximate surface area is 130 Å². The van der Waals surface area contributed by atoms with Gasteiger partial charge in [-0.3, -0.25) is 4.79 Å². The van der Waals surface area contributed by atoms with Crippen molar-refractivity contribution >= 4 is 34.1 Å². The molecule has 0 bridgehead atoms. The Morgan fingerprint density at radius 2 is 2.25 bits per heavy atom. The maximum atomic E-state index is 12.1. The molecule has 0 atom stereocenters. The highest BCUT2D eigenvalue weighted by atomic mass is 79.9. The lowest BCUT2D eigenvalue weighted by Gasteiger charge is -2.10. The first-order valence-electron chi connectivity index (χ1n) is 5.90. The number of amides is 1. The predicted molar refractivity (Wildman–Crippen MR) is 83.5 cm³/mol. The van der Waals surface area contributed by atoms with Gasteiger partial charge in [0.15, 0.2) is 0 Å². The summed E-state index contributed by atoms with van der Waals surface area (Å²) in [6, 6.07) is 9.07. The minimum Gasteiger partial charge on any atom is -0.496 e.